The molecule has 0 unspecified atom stereocenters. The van der Waals surface area contributed by atoms with Crippen LogP contribution in [0.15, 0.2) is 70.2 Å². The van der Waals surface area contributed by atoms with E-state index in [1.807, 2.05) is 24.3 Å². The molecule has 30 heavy (non-hydrogen) atoms. The van der Waals surface area contributed by atoms with E-state index in [9.17, 15) is 23.1 Å². The zero-order valence-corrected chi connectivity index (χ0v) is 16.6. The molecule has 0 bridgehead atoms. The van der Waals surface area contributed by atoms with Crippen LogP contribution in [-0.4, -0.2) is 42.4 Å². The molecule has 4 rings (SSSR count). The number of benzene rings is 2. The molecular formula is C21H19NO7S. The molecule has 0 saturated carbocycles. The van der Waals surface area contributed by atoms with Gasteiger partial charge in [-0.2, -0.15) is 4.31 Å². The fourth-order valence-corrected chi connectivity index (χ4v) is 5.27. The molecule has 0 radical (unpaired) electrons. The molecule has 3 aromatic rings. The highest BCUT2D eigenvalue weighted by Gasteiger charge is 2.42. The average Bonchev–Trinajstić information content (AvgIpc) is 3.43. The van der Waals surface area contributed by atoms with Gasteiger partial charge in [-0.05, 0) is 47.9 Å². The average molecular weight is 429 g/mol. The molecule has 1 fully saturated rings. The van der Waals surface area contributed by atoms with Gasteiger partial charge in [-0.3, -0.25) is 4.79 Å². The summed E-state index contributed by atoms with van der Waals surface area (Å²) in [5.74, 6) is -2.36. The van der Waals surface area contributed by atoms with E-state index in [4.69, 9.17) is 9.15 Å². The third kappa shape index (κ3) is 3.69. The number of sulfonamides is 1. The normalized spacial score (nSPS) is 18.3. The minimum absolute atomic E-state index is 0.0437. The van der Waals surface area contributed by atoms with Gasteiger partial charge in [0.05, 0.1) is 11.2 Å². The predicted molar refractivity (Wildman–Crippen MR) is 106 cm³/mol. The topological polar surface area (TPSA) is 114 Å². The molecule has 9 heteroatoms. The van der Waals surface area contributed by atoms with E-state index in [0.717, 1.165) is 15.1 Å². The van der Waals surface area contributed by atoms with Crippen LogP contribution in [0.25, 0.3) is 10.8 Å². The smallest absolute Gasteiger partial charge is 0.353 e. The van der Waals surface area contributed by atoms with Gasteiger partial charge in [0, 0.05) is 6.54 Å². The van der Waals surface area contributed by atoms with Gasteiger partial charge in [0.25, 0.3) is 6.10 Å². The lowest BCUT2D eigenvalue weighted by Crippen LogP contribution is -2.42. The Bertz CT molecular complexity index is 1190. The summed E-state index contributed by atoms with van der Waals surface area (Å²) in [6, 6.07) is 13.9. The number of ether oxygens (including phenoxy) is 1. The number of furan rings is 1. The van der Waals surface area contributed by atoms with Gasteiger partial charge in [0.15, 0.2) is 5.76 Å². The highest BCUT2D eigenvalue weighted by molar-refractivity contribution is 7.89. The minimum Gasteiger partial charge on any atom is -0.478 e. The summed E-state index contributed by atoms with van der Waals surface area (Å²) >= 11 is 0. The number of nitrogens with zero attached hydrogens (tertiary/aromatic N) is 1. The number of carboxylic acids is 1. The second-order valence-electron chi connectivity index (χ2n) is 6.95. The Morgan fingerprint density at radius 2 is 1.87 bits per heavy atom. The maximum atomic E-state index is 13.2. The monoisotopic (exact) mass is 429 g/mol. The van der Waals surface area contributed by atoms with Crippen molar-refractivity contribution in [3.05, 3.63) is 66.6 Å². The summed E-state index contributed by atoms with van der Waals surface area (Å²) in [6.45, 7) is 0.146. The van der Waals surface area contributed by atoms with Gasteiger partial charge in [0.1, 0.15) is 6.04 Å². The van der Waals surface area contributed by atoms with Crippen LogP contribution in [0.3, 0.4) is 0 Å². The second-order valence-corrected chi connectivity index (χ2v) is 8.84. The van der Waals surface area contributed by atoms with Crippen LogP contribution in [-0.2, 0) is 24.3 Å². The number of rotatable bonds is 6. The van der Waals surface area contributed by atoms with Crippen molar-refractivity contribution in [2.75, 3.05) is 6.54 Å². The Labute approximate surface area is 172 Å². The number of hydrogen-bond acceptors (Lipinski definition) is 6. The van der Waals surface area contributed by atoms with Gasteiger partial charge >= 0.3 is 11.9 Å². The lowest BCUT2D eigenvalue weighted by atomic mass is 10.1. The van der Waals surface area contributed by atoms with E-state index in [2.05, 4.69) is 0 Å². The van der Waals surface area contributed by atoms with E-state index in [-0.39, 0.29) is 23.6 Å². The van der Waals surface area contributed by atoms with Gasteiger partial charge < -0.3 is 14.3 Å². The van der Waals surface area contributed by atoms with Gasteiger partial charge in [-0.15, -0.1) is 0 Å². The molecule has 0 aliphatic carbocycles. The molecule has 1 aromatic heterocycles. The summed E-state index contributed by atoms with van der Waals surface area (Å²) in [7, 11) is -3.97. The molecule has 2 heterocycles. The van der Waals surface area contributed by atoms with Crippen LogP contribution in [0.5, 0.6) is 0 Å². The van der Waals surface area contributed by atoms with Crippen LogP contribution in [0.2, 0.25) is 0 Å². The molecule has 1 aliphatic heterocycles. The maximum Gasteiger partial charge on any atom is 0.353 e. The van der Waals surface area contributed by atoms with Crippen molar-refractivity contribution in [2.24, 2.45) is 0 Å². The summed E-state index contributed by atoms with van der Waals surface area (Å²) < 4.78 is 37.7. The summed E-state index contributed by atoms with van der Waals surface area (Å²) in [5, 5.41) is 11.0. The summed E-state index contributed by atoms with van der Waals surface area (Å²) in [4.78, 5) is 24.3. The highest BCUT2D eigenvalue weighted by Crippen LogP contribution is 2.30. The van der Waals surface area contributed by atoms with E-state index >= 15 is 0 Å². The van der Waals surface area contributed by atoms with Crippen molar-refractivity contribution < 1.29 is 32.3 Å². The van der Waals surface area contributed by atoms with Crippen molar-refractivity contribution in [1.82, 2.24) is 4.31 Å². The predicted octanol–water partition coefficient (Wildman–Crippen LogP) is 2.96. The summed E-state index contributed by atoms with van der Waals surface area (Å²) in [6.07, 6.45) is 0.338. The molecule has 8 nitrogen and oxygen atoms in total. The fraction of sp³-hybridized carbons (Fsp3) is 0.238. The first kappa shape index (κ1) is 20.1. The molecule has 1 aliphatic rings. The quantitative estimate of drug-likeness (QED) is 0.599. The molecule has 0 spiro atoms. The van der Waals surface area contributed by atoms with Crippen LogP contribution in [0.1, 0.15) is 24.7 Å². The Morgan fingerprint density at radius 1 is 1.10 bits per heavy atom. The molecule has 1 N–H and O–H groups in total. The van der Waals surface area contributed by atoms with Crippen LogP contribution < -0.4 is 0 Å². The fourth-order valence-electron chi connectivity index (χ4n) is 3.59. The first-order valence-electron chi connectivity index (χ1n) is 9.35. The number of esters is 1. The van der Waals surface area contributed by atoms with Crippen molar-refractivity contribution >= 4 is 32.7 Å². The van der Waals surface area contributed by atoms with E-state index in [0.29, 0.717) is 6.42 Å². The van der Waals surface area contributed by atoms with Gasteiger partial charge in [0.2, 0.25) is 10.0 Å². The maximum absolute atomic E-state index is 13.2. The molecule has 1 saturated heterocycles. The third-order valence-corrected chi connectivity index (χ3v) is 6.97. The summed E-state index contributed by atoms with van der Waals surface area (Å²) in [5.41, 5.74) is 0. The third-order valence-electron chi connectivity index (χ3n) is 5.06. The first-order chi connectivity index (χ1) is 14.4. The largest absolute Gasteiger partial charge is 0.478 e. The zero-order chi connectivity index (χ0) is 21.3. The Hall–Kier alpha value is -3.17. The Morgan fingerprint density at radius 3 is 2.57 bits per heavy atom. The standard InChI is InChI=1S/C21H19NO7S/c23-20(24)19(18-8-4-12-28-18)29-21(25)17-7-3-11-22(17)30(26,27)16-10-9-14-5-1-2-6-15(14)13-16/h1-2,4-6,8-10,12-13,17,19H,3,7,11H2,(H,23,24)/t17-,19-/m0/s1. The van der Waals surface area contributed by atoms with Crippen molar-refractivity contribution in [3.63, 3.8) is 0 Å². The van der Waals surface area contributed by atoms with Crippen molar-refractivity contribution in [3.8, 4) is 0 Å². The van der Waals surface area contributed by atoms with Crippen LogP contribution >= 0.6 is 0 Å². The molecule has 2 atom stereocenters. The lowest BCUT2D eigenvalue weighted by molar-refractivity contribution is -0.168. The molecule has 156 valence electrons. The number of fused-ring (bicyclic) bond motifs is 1. The Kier molecular flexibility index (Phi) is 5.31. The number of carboxylic acid groups (broad SMARTS) is 1. The first-order valence-corrected chi connectivity index (χ1v) is 10.8. The van der Waals surface area contributed by atoms with E-state index in [1.54, 1.807) is 12.1 Å². The second kappa shape index (κ2) is 7.92. The lowest BCUT2D eigenvalue weighted by Gasteiger charge is -2.24. The molecular weight excluding hydrogens is 410 g/mol. The number of carbonyl (C=O) groups excluding carboxylic acids is 1. The zero-order valence-electron chi connectivity index (χ0n) is 15.8. The SMILES string of the molecule is O=C(O)[C@@H](OC(=O)[C@@H]1CCCN1S(=O)(=O)c1ccc2ccccc2c1)c1ccco1. The highest BCUT2D eigenvalue weighted by atomic mass is 32.2. The van der Waals surface area contributed by atoms with Gasteiger partial charge in [-0.1, -0.05) is 30.3 Å². The minimum atomic E-state index is -3.97. The van der Waals surface area contributed by atoms with E-state index in [1.165, 1.54) is 24.5 Å². The van der Waals surface area contributed by atoms with E-state index < -0.39 is 34.1 Å². The van der Waals surface area contributed by atoms with Gasteiger partial charge in [-0.25, -0.2) is 13.2 Å². The van der Waals surface area contributed by atoms with Crippen molar-refractivity contribution in [2.45, 2.75) is 29.9 Å². The number of carbonyl (C=O) groups is 2. The molecule has 2 aromatic carbocycles. The number of aliphatic carboxylic acids is 1. The molecule has 0 amide bonds. The van der Waals surface area contributed by atoms with Crippen LogP contribution in [0.4, 0.5) is 0 Å². The Balaban J connectivity index is 1.60. The van der Waals surface area contributed by atoms with Crippen molar-refractivity contribution in [1.29, 1.82) is 0 Å². The number of hydrogen-bond donors (Lipinski definition) is 1. The van der Waals surface area contributed by atoms with Crippen LogP contribution in [0, 0.1) is 0 Å².